The van der Waals surface area contributed by atoms with Crippen molar-refractivity contribution in [3.8, 4) is 0 Å². The highest BCUT2D eigenvalue weighted by molar-refractivity contribution is 9.10. The van der Waals surface area contributed by atoms with E-state index in [9.17, 15) is 0 Å². The third-order valence-corrected chi connectivity index (χ3v) is 6.16. The van der Waals surface area contributed by atoms with Gasteiger partial charge in [-0.05, 0) is 39.4 Å². The molecule has 112 valence electrons. The van der Waals surface area contributed by atoms with Crippen LogP contribution in [0.1, 0.15) is 29.8 Å². The summed E-state index contributed by atoms with van der Waals surface area (Å²) in [6.45, 7) is 5.47. The number of hydrogen-bond acceptors (Lipinski definition) is 3. The first kappa shape index (κ1) is 15.2. The molecular weight excluding hydrogens is 344 g/mol. The molecule has 2 heterocycles. The first-order valence-electron chi connectivity index (χ1n) is 7.52. The lowest BCUT2D eigenvalue weighted by atomic mass is 10.0. The number of nitrogens with one attached hydrogen (secondary N) is 1. The van der Waals surface area contributed by atoms with Crippen LogP contribution in [-0.2, 0) is 6.54 Å². The summed E-state index contributed by atoms with van der Waals surface area (Å²) in [4.78, 5) is 4.06. The Morgan fingerprint density at radius 3 is 2.76 bits per heavy atom. The zero-order valence-electron chi connectivity index (χ0n) is 12.3. The molecule has 0 saturated carbocycles. The minimum Gasteiger partial charge on any atom is -0.307 e. The highest BCUT2D eigenvalue weighted by Crippen LogP contribution is 2.28. The fourth-order valence-electron chi connectivity index (χ4n) is 2.98. The van der Waals surface area contributed by atoms with Crippen molar-refractivity contribution in [2.75, 3.05) is 13.1 Å². The minimum absolute atomic E-state index is 0.438. The van der Waals surface area contributed by atoms with E-state index in [1.807, 2.05) is 11.3 Å². The number of halogens is 1. The van der Waals surface area contributed by atoms with Crippen LogP contribution in [0.3, 0.4) is 0 Å². The maximum atomic E-state index is 3.71. The van der Waals surface area contributed by atoms with Gasteiger partial charge in [0, 0.05) is 41.1 Å². The fourth-order valence-corrected chi connectivity index (χ4v) is 4.48. The quantitative estimate of drug-likeness (QED) is 0.862. The van der Waals surface area contributed by atoms with Crippen molar-refractivity contribution in [2.45, 2.75) is 32.0 Å². The van der Waals surface area contributed by atoms with E-state index in [4.69, 9.17) is 0 Å². The molecule has 1 N–H and O–H groups in total. The predicted molar refractivity (Wildman–Crippen MR) is 93.7 cm³/mol. The maximum absolute atomic E-state index is 3.71. The van der Waals surface area contributed by atoms with Crippen molar-refractivity contribution in [2.24, 2.45) is 0 Å². The number of nitrogens with zero attached hydrogens (tertiary/aromatic N) is 1. The molecule has 21 heavy (non-hydrogen) atoms. The lowest BCUT2D eigenvalue weighted by Crippen LogP contribution is -2.51. The van der Waals surface area contributed by atoms with Crippen LogP contribution >= 0.6 is 27.3 Å². The first-order valence-corrected chi connectivity index (χ1v) is 9.19. The summed E-state index contributed by atoms with van der Waals surface area (Å²) in [6, 6.07) is 14.0. The fraction of sp³-hybridized carbons (Fsp3) is 0.412. The summed E-state index contributed by atoms with van der Waals surface area (Å²) in [7, 11) is 0. The Balaban J connectivity index is 1.74. The number of piperazine rings is 1. The van der Waals surface area contributed by atoms with E-state index >= 15 is 0 Å². The van der Waals surface area contributed by atoms with Gasteiger partial charge in [-0.25, -0.2) is 0 Å². The van der Waals surface area contributed by atoms with Gasteiger partial charge in [0.25, 0.3) is 0 Å². The molecule has 0 spiro atoms. The third kappa shape index (κ3) is 3.57. The summed E-state index contributed by atoms with van der Waals surface area (Å²) >= 11 is 5.51. The molecule has 1 aromatic carbocycles. The van der Waals surface area contributed by atoms with Crippen LogP contribution in [-0.4, -0.2) is 24.0 Å². The SMILES string of the molecule is CCC1CNC(c2ccccc2)CN1Cc1sccc1Br. The maximum Gasteiger partial charge on any atom is 0.0450 e. The molecule has 2 nitrogen and oxygen atoms in total. The van der Waals surface area contributed by atoms with Crippen LogP contribution in [0, 0.1) is 0 Å². The van der Waals surface area contributed by atoms with E-state index in [0.29, 0.717) is 12.1 Å². The molecule has 2 unspecified atom stereocenters. The average molecular weight is 365 g/mol. The Kier molecular flexibility index (Phi) is 5.11. The van der Waals surface area contributed by atoms with Gasteiger partial charge in [0.15, 0.2) is 0 Å². The van der Waals surface area contributed by atoms with Gasteiger partial charge in [0.2, 0.25) is 0 Å². The van der Waals surface area contributed by atoms with E-state index in [2.05, 4.69) is 74.8 Å². The lowest BCUT2D eigenvalue weighted by molar-refractivity contribution is 0.120. The zero-order chi connectivity index (χ0) is 14.7. The molecule has 3 rings (SSSR count). The van der Waals surface area contributed by atoms with E-state index in [0.717, 1.165) is 19.6 Å². The molecule has 2 atom stereocenters. The standard InChI is InChI=1S/C17H21BrN2S/c1-2-14-10-19-16(13-6-4-3-5-7-13)11-20(14)12-17-15(18)8-9-21-17/h3-9,14,16,19H,2,10-12H2,1H3. The van der Waals surface area contributed by atoms with Crippen LogP contribution in [0.25, 0.3) is 0 Å². The highest BCUT2D eigenvalue weighted by Gasteiger charge is 2.28. The number of benzene rings is 1. The van der Waals surface area contributed by atoms with Crippen molar-refractivity contribution in [3.05, 3.63) is 56.7 Å². The molecule has 0 bridgehead atoms. The van der Waals surface area contributed by atoms with E-state index < -0.39 is 0 Å². The Bertz CT molecular complexity index is 569. The molecule has 0 radical (unpaired) electrons. The largest absolute Gasteiger partial charge is 0.307 e. The molecule has 0 amide bonds. The van der Waals surface area contributed by atoms with Crippen LogP contribution in [0.4, 0.5) is 0 Å². The van der Waals surface area contributed by atoms with Gasteiger partial charge < -0.3 is 5.32 Å². The molecule has 1 saturated heterocycles. The Morgan fingerprint density at radius 2 is 2.10 bits per heavy atom. The number of rotatable bonds is 4. The normalized spacial score (nSPS) is 23.3. The molecule has 1 fully saturated rings. The van der Waals surface area contributed by atoms with E-state index in [1.165, 1.54) is 21.3 Å². The second kappa shape index (κ2) is 7.05. The van der Waals surface area contributed by atoms with Gasteiger partial charge in [0.05, 0.1) is 0 Å². The van der Waals surface area contributed by atoms with Crippen LogP contribution < -0.4 is 5.32 Å². The summed E-state index contributed by atoms with van der Waals surface area (Å²) in [6.07, 6.45) is 1.19. The zero-order valence-corrected chi connectivity index (χ0v) is 14.7. The van der Waals surface area contributed by atoms with Gasteiger partial charge in [-0.1, -0.05) is 37.3 Å². The van der Waals surface area contributed by atoms with Gasteiger partial charge in [-0.15, -0.1) is 11.3 Å². The van der Waals surface area contributed by atoms with Crippen molar-refractivity contribution in [1.82, 2.24) is 10.2 Å². The monoisotopic (exact) mass is 364 g/mol. The van der Waals surface area contributed by atoms with E-state index in [-0.39, 0.29) is 0 Å². The molecular formula is C17H21BrN2S. The molecule has 1 aliphatic rings. The predicted octanol–water partition coefficient (Wildman–Crippen LogP) is 4.44. The summed E-state index contributed by atoms with van der Waals surface area (Å²) in [5.74, 6) is 0. The molecule has 0 aliphatic carbocycles. The summed E-state index contributed by atoms with van der Waals surface area (Å²) < 4.78 is 1.25. The number of thiophene rings is 1. The second-order valence-electron chi connectivity index (χ2n) is 5.55. The van der Waals surface area contributed by atoms with Gasteiger partial charge in [0.1, 0.15) is 0 Å². The van der Waals surface area contributed by atoms with Crippen molar-refractivity contribution in [3.63, 3.8) is 0 Å². The van der Waals surface area contributed by atoms with Gasteiger partial charge in [-0.2, -0.15) is 0 Å². The van der Waals surface area contributed by atoms with Gasteiger partial charge >= 0.3 is 0 Å². The second-order valence-corrected chi connectivity index (χ2v) is 7.41. The van der Waals surface area contributed by atoms with Crippen molar-refractivity contribution < 1.29 is 0 Å². The molecule has 4 heteroatoms. The first-order chi connectivity index (χ1) is 10.3. The van der Waals surface area contributed by atoms with E-state index in [1.54, 1.807) is 0 Å². The Morgan fingerprint density at radius 1 is 1.29 bits per heavy atom. The Labute approximate surface area is 139 Å². The van der Waals surface area contributed by atoms with Crippen LogP contribution in [0.2, 0.25) is 0 Å². The van der Waals surface area contributed by atoms with Gasteiger partial charge in [-0.3, -0.25) is 4.90 Å². The molecule has 1 aliphatic heterocycles. The van der Waals surface area contributed by atoms with Crippen LogP contribution in [0.5, 0.6) is 0 Å². The summed E-state index contributed by atoms with van der Waals surface area (Å²) in [5.41, 5.74) is 1.39. The highest BCUT2D eigenvalue weighted by atomic mass is 79.9. The molecule has 1 aromatic heterocycles. The van der Waals surface area contributed by atoms with Crippen molar-refractivity contribution in [1.29, 1.82) is 0 Å². The third-order valence-electron chi connectivity index (χ3n) is 4.24. The number of hydrogen-bond donors (Lipinski definition) is 1. The average Bonchev–Trinajstić information content (AvgIpc) is 2.93. The smallest absolute Gasteiger partial charge is 0.0450 e. The van der Waals surface area contributed by atoms with Crippen LogP contribution in [0.15, 0.2) is 46.3 Å². The molecule has 2 aromatic rings. The van der Waals surface area contributed by atoms with Crippen molar-refractivity contribution >= 4 is 27.3 Å². The summed E-state index contributed by atoms with van der Waals surface area (Å²) in [5, 5.41) is 5.87. The minimum atomic E-state index is 0.438. The Hall–Kier alpha value is -0.680. The lowest BCUT2D eigenvalue weighted by Gasteiger charge is -2.40. The topological polar surface area (TPSA) is 15.3 Å².